The fourth-order valence-corrected chi connectivity index (χ4v) is 2.16. The Balaban J connectivity index is 1.75. The van der Waals surface area contributed by atoms with E-state index >= 15 is 0 Å². The van der Waals surface area contributed by atoms with Crippen LogP contribution in [0, 0.1) is 5.82 Å². The van der Waals surface area contributed by atoms with Crippen LogP contribution in [0.5, 0.6) is 0 Å². The first-order valence-corrected chi connectivity index (χ1v) is 6.11. The van der Waals surface area contributed by atoms with Gasteiger partial charge in [0.15, 0.2) is 17.6 Å². The molecule has 0 fully saturated rings. The molecule has 0 radical (unpaired) electrons. The standard InChI is InChI=1S/C15H11FN2O2/c16-9-5-7-10(8-6-9)17-18-13-14(19)11-3-1-2-4-12(11)15(13)20/h1-8,13,17-18H. The van der Waals surface area contributed by atoms with Crippen LogP contribution in [0.4, 0.5) is 10.1 Å². The molecule has 100 valence electrons. The summed E-state index contributed by atoms with van der Waals surface area (Å²) in [5.74, 6) is -0.878. The molecule has 0 saturated heterocycles. The first-order chi connectivity index (χ1) is 9.66. The van der Waals surface area contributed by atoms with E-state index in [1.807, 2.05) is 0 Å². The van der Waals surface area contributed by atoms with Crippen LogP contribution in [-0.4, -0.2) is 17.6 Å². The van der Waals surface area contributed by atoms with Gasteiger partial charge in [-0.05, 0) is 24.3 Å². The number of hydrogen-bond donors (Lipinski definition) is 2. The first-order valence-electron chi connectivity index (χ1n) is 6.11. The number of hydrazine groups is 1. The van der Waals surface area contributed by atoms with Gasteiger partial charge in [0.1, 0.15) is 5.82 Å². The van der Waals surface area contributed by atoms with Crippen LogP contribution in [0.2, 0.25) is 0 Å². The number of rotatable bonds is 3. The molecule has 2 N–H and O–H groups in total. The summed E-state index contributed by atoms with van der Waals surface area (Å²) in [6.45, 7) is 0. The Hall–Kier alpha value is -2.53. The minimum absolute atomic E-state index is 0.264. The second-order valence-electron chi connectivity index (χ2n) is 4.48. The molecule has 5 heteroatoms. The Morgan fingerprint density at radius 2 is 1.40 bits per heavy atom. The van der Waals surface area contributed by atoms with Gasteiger partial charge in [0.25, 0.3) is 0 Å². The summed E-state index contributed by atoms with van der Waals surface area (Å²) in [6.07, 6.45) is 0. The molecule has 0 heterocycles. The topological polar surface area (TPSA) is 58.2 Å². The van der Waals surface area contributed by atoms with Crippen LogP contribution in [0.3, 0.4) is 0 Å². The van der Waals surface area contributed by atoms with E-state index in [4.69, 9.17) is 0 Å². The summed E-state index contributed by atoms with van der Waals surface area (Å²) in [7, 11) is 0. The third-order valence-corrected chi connectivity index (χ3v) is 3.19. The number of nitrogens with one attached hydrogen (secondary N) is 2. The molecule has 0 saturated carbocycles. The molecular formula is C15H11FN2O2. The summed E-state index contributed by atoms with van der Waals surface area (Å²) >= 11 is 0. The van der Waals surface area contributed by atoms with Gasteiger partial charge in [-0.2, -0.15) is 0 Å². The second-order valence-corrected chi connectivity index (χ2v) is 4.48. The lowest BCUT2D eigenvalue weighted by molar-refractivity contribution is 0.0874. The molecule has 0 atom stereocenters. The number of ketones is 2. The van der Waals surface area contributed by atoms with Gasteiger partial charge in [0.05, 0.1) is 0 Å². The van der Waals surface area contributed by atoms with Gasteiger partial charge in [0.2, 0.25) is 0 Å². The number of anilines is 1. The minimum atomic E-state index is -0.947. The zero-order valence-corrected chi connectivity index (χ0v) is 10.4. The molecule has 0 amide bonds. The number of fused-ring (bicyclic) bond motifs is 1. The lowest BCUT2D eigenvalue weighted by atomic mass is 10.1. The average Bonchev–Trinajstić information content (AvgIpc) is 2.71. The van der Waals surface area contributed by atoms with Crippen LogP contribution in [-0.2, 0) is 0 Å². The van der Waals surface area contributed by atoms with Gasteiger partial charge in [-0.1, -0.05) is 24.3 Å². The van der Waals surface area contributed by atoms with Crippen LogP contribution >= 0.6 is 0 Å². The van der Waals surface area contributed by atoms with E-state index in [1.54, 1.807) is 24.3 Å². The van der Waals surface area contributed by atoms with Gasteiger partial charge in [-0.25, -0.2) is 9.82 Å². The first kappa shape index (κ1) is 12.5. The fraction of sp³-hybridized carbons (Fsp3) is 0.0667. The van der Waals surface area contributed by atoms with Crippen molar-refractivity contribution in [3.05, 3.63) is 65.5 Å². The average molecular weight is 270 g/mol. The highest BCUT2D eigenvalue weighted by Crippen LogP contribution is 2.22. The smallest absolute Gasteiger partial charge is 0.190 e. The van der Waals surface area contributed by atoms with E-state index in [9.17, 15) is 14.0 Å². The molecule has 0 aromatic heterocycles. The van der Waals surface area contributed by atoms with E-state index in [-0.39, 0.29) is 17.4 Å². The Morgan fingerprint density at radius 3 is 1.95 bits per heavy atom. The highest BCUT2D eigenvalue weighted by Gasteiger charge is 2.37. The van der Waals surface area contributed by atoms with E-state index < -0.39 is 6.04 Å². The largest absolute Gasteiger partial charge is 0.320 e. The molecule has 0 spiro atoms. The van der Waals surface area contributed by atoms with Gasteiger partial charge >= 0.3 is 0 Å². The number of hydrogen-bond acceptors (Lipinski definition) is 4. The van der Waals surface area contributed by atoms with Crippen LogP contribution in [0.15, 0.2) is 48.5 Å². The third-order valence-electron chi connectivity index (χ3n) is 3.19. The van der Waals surface area contributed by atoms with Gasteiger partial charge in [-0.15, -0.1) is 0 Å². The van der Waals surface area contributed by atoms with E-state index in [1.165, 1.54) is 24.3 Å². The van der Waals surface area contributed by atoms with E-state index in [0.717, 1.165) is 0 Å². The predicted octanol–water partition coefficient (Wildman–Crippen LogP) is 2.19. The van der Waals surface area contributed by atoms with Gasteiger partial charge in [0, 0.05) is 16.8 Å². The van der Waals surface area contributed by atoms with Crippen molar-refractivity contribution in [1.29, 1.82) is 0 Å². The molecule has 1 aliphatic rings. The highest BCUT2D eigenvalue weighted by molar-refractivity contribution is 6.29. The van der Waals surface area contributed by atoms with E-state index in [2.05, 4.69) is 10.9 Å². The molecule has 4 nitrogen and oxygen atoms in total. The van der Waals surface area contributed by atoms with Crippen molar-refractivity contribution in [2.45, 2.75) is 6.04 Å². The third kappa shape index (κ3) is 2.08. The molecule has 2 aromatic rings. The Kier molecular flexibility index (Phi) is 3.04. The molecule has 0 bridgehead atoms. The molecule has 1 aliphatic carbocycles. The lowest BCUT2D eigenvalue weighted by Gasteiger charge is -2.12. The van der Waals surface area contributed by atoms with Crippen molar-refractivity contribution in [3.63, 3.8) is 0 Å². The Labute approximate surface area is 114 Å². The summed E-state index contributed by atoms with van der Waals surface area (Å²) < 4.78 is 12.8. The Bertz CT molecular complexity index is 648. The van der Waals surface area contributed by atoms with Crippen molar-refractivity contribution in [2.75, 3.05) is 5.43 Å². The zero-order chi connectivity index (χ0) is 14.1. The molecule has 0 unspecified atom stereocenters. The minimum Gasteiger partial charge on any atom is -0.320 e. The monoisotopic (exact) mass is 270 g/mol. The number of Topliss-reactive ketones (excluding diaryl/α,β-unsaturated/α-hetero) is 2. The van der Waals surface area contributed by atoms with Crippen LogP contribution in [0.1, 0.15) is 20.7 Å². The van der Waals surface area contributed by atoms with Crippen molar-refractivity contribution in [1.82, 2.24) is 5.43 Å². The van der Waals surface area contributed by atoms with E-state index in [0.29, 0.717) is 16.8 Å². The SMILES string of the molecule is O=C1c2ccccc2C(=O)C1NNc1ccc(F)cc1. The number of carbonyl (C=O) groups excluding carboxylic acids is 2. The summed E-state index contributed by atoms with van der Waals surface area (Å²) in [6, 6.07) is 11.4. The quantitative estimate of drug-likeness (QED) is 0.663. The second kappa shape index (κ2) is 4.86. The molecule has 3 rings (SSSR count). The maximum atomic E-state index is 12.8. The predicted molar refractivity (Wildman–Crippen MR) is 72.0 cm³/mol. The van der Waals surface area contributed by atoms with Crippen molar-refractivity contribution >= 4 is 17.3 Å². The van der Waals surface area contributed by atoms with Gasteiger partial charge in [-0.3, -0.25) is 9.59 Å². The number of benzene rings is 2. The van der Waals surface area contributed by atoms with Crippen LogP contribution < -0.4 is 10.9 Å². The van der Waals surface area contributed by atoms with Gasteiger partial charge < -0.3 is 5.43 Å². The van der Waals surface area contributed by atoms with Crippen molar-refractivity contribution in [2.24, 2.45) is 0 Å². The normalized spacial score (nSPS) is 14.4. The molecule has 20 heavy (non-hydrogen) atoms. The maximum absolute atomic E-state index is 12.8. The number of carbonyl (C=O) groups is 2. The highest BCUT2D eigenvalue weighted by atomic mass is 19.1. The summed E-state index contributed by atoms with van der Waals surface area (Å²) in [4.78, 5) is 24.2. The van der Waals surface area contributed by atoms with Crippen molar-refractivity contribution in [3.8, 4) is 0 Å². The lowest BCUT2D eigenvalue weighted by Crippen LogP contribution is -2.42. The number of halogens is 1. The fourth-order valence-electron chi connectivity index (χ4n) is 2.16. The van der Waals surface area contributed by atoms with Crippen LogP contribution in [0.25, 0.3) is 0 Å². The molecule has 0 aliphatic heterocycles. The molecular weight excluding hydrogens is 259 g/mol. The van der Waals surface area contributed by atoms with Crippen molar-refractivity contribution < 1.29 is 14.0 Å². The summed E-state index contributed by atoms with van der Waals surface area (Å²) in [5, 5.41) is 0. The maximum Gasteiger partial charge on any atom is 0.190 e. The Morgan fingerprint density at radius 1 is 0.850 bits per heavy atom. The summed E-state index contributed by atoms with van der Waals surface area (Å²) in [5.41, 5.74) is 6.87. The molecule has 2 aromatic carbocycles. The zero-order valence-electron chi connectivity index (χ0n) is 10.4.